The first-order valence-corrected chi connectivity index (χ1v) is 4.18. The number of pyridine rings is 1. The van der Waals surface area contributed by atoms with Crippen LogP contribution in [0, 0.1) is 6.92 Å². The predicted octanol–water partition coefficient (Wildman–Crippen LogP) is 2.64. The third kappa shape index (κ3) is 1.88. The summed E-state index contributed by atoms with van der Waals surface area (Å²) in [7, 11) is 6.70. The van der Waals surface area contributed by atoms with Gasteiger partial charge in [0.2, 0.25) is 0 Å². The Morgan fingerprint density at radius 1 is 1.67 bits per heavy atom. The van der Waals surface area contributed by atoms with E-state index in [1.165, 1.54) is 11.0 Å². The number of rotatable bonds is 1. The molecular formula is C6H6ClNS. The molecular weight excluding hydrogens is 154 g/mol. The molecule has 48 valence electrons. The minimum atomic E-state index is 1.00. The lowest BCUT2D eigenvalue weighted by Gasteiger charge is -1.92. The number of aromatic nitrogens is 1. The van der Waals surface area contributed by atoms with Gasteiger partial charge in [-0.15, -0.1) is 0 Å². The van der Waals surface area contributed by atoms with E-state index in [4.69, 9.17) is 10.7 Å². The molecule has 1 rings (SSSR count). The van der Waals surface area contributed by atoms with E-state index in [1.807, 2.05) is 19.1 Å². The van der Waals surface area contributed by atoms with Gasteiger partial charge in [0.25, 0.3) is 0 Å². The molecule has 1 aromatic rings. The molecule has 0 saturated carbocycles. The van der Waals surface area contributed by atoms with Gasteiger partial charge < -0.3 is 0 Å². The van der Waals surface area contributed by atoms with Gasteiger partial charge in [0.15, 0.2) is 0 Å². The van der Waals surface area contributed by atoms with E-state index in [0.29, 0.717) is 0 Å². The lowest BCUT2D eigenvalue weighted by molar-refractivity contribution is 1.16. The van der Waals surface area contributed by atoms with Gasteiger partial charge in [0.1, 0.15) is 0 Å². The van der Waals surface area contributed by atoms with E-state index < -0.39 is 0 Å². The van der Waals surface area contributed by atoms with E-state index in [9.17, 15) is 0 Å². The van der Waals surface area contributed by atoms with Crippen LogP contribution in [0.4, 0.5) is 0 Å². The highest BCUT2D eigenvalue weighted by Gasteiger charge is 1.89. The van der Waals surface area contributed by atoms with Gasteiger partial charge >= 0.3 is 0 Å². The largest absolute Gasteiger partial charge is 0.262 e. The highest BCUT2D eigenvalue weighted by atomic mass is 35.7. The van der Waals surface area contributed by atoms with Crippen LogP contribution >= 0.6 is 21.7 Å². The van der Waals surface area contributed by atoms with Crippen molar-refractivity contribution in [3.8, 4) is 0 Å². The van der Waals surface area contributed by atoms with E-state index in [2.05, 4.69) is 4.98 Å². The van der Waals surface area contributed by atoms with Crippen LogP contribution in [0.15, 0.2) is 23.2 Å². The van der Waals surface area contributed by atoms with Crippen LogP contribution in [0.25, 0.3) is 0 Å². The molecule has 1 aromatic heterocycles. The first kappa shape index (κ1) is 6.90. The summed E-state index contributed by atoms with van der Waals surface area (Å²) in [5, 5.41) is 0. The normalized spacial score (nSPS) is 9.56. The summed E-state index contributed by atoms with van der Waals surface area (Å²) in [6.07, 6.45) is 1.75. The summed E-state index contributed by atoms with van der Waals surface area (Å²) in [6, 6.07) is 3.82. The molecule has 0 atom stereocenters. The zero-order valence-corrected chi connectivity index (χ0v) is 6.54. The second-order valence-electron chi connectivity index (χ2n) is 1.71. The van der Waals surface area contributed by atoms with Crippen molar-refractivity contribution in [1.82, 2.24) is 4.98 Å². The lowest BCUT2D eigenvalue weighted by Crippen LogP contribution is -1.77. The molecule has 1 nitrogen and oxygen atoms in total. The monoisotopic (exact) mass is 159 g/mol. The highest BCUT2D eigenvalue weighted by molar-refractivity contribution is 8.21. The van der Waals surface area contributed by atoms with E-state index in [-0.39, 0.29) is 0 Å². The Morgan fingerprint density at radius 2 is 2.44 bits per heavy atom. The van der Waals surface area contributed by atoms with Gasteiger partial charge in [-0.2, -0.15) is 0 Å². The van der Waals surface area contributed by atoms with E-state index in [1.54, 1.807) is 6.20 Å². The maximum absolute atomic E-state index is 5.49. The van der Waals surface area contributed by atoms with Gasteiger partial charge in [-0.05, 0) is 40.7 Å². The third-order valence-electron chi connectivity index (χ3n) is 0.957. The zero-order valence-electron chi connectivity index (χ0n) is 4.97. The summed E-state index contributed by atoms with van der Waals surface area (Å²) in [6.45, 7) is 1.94. The Balaban J connectivity index is 2.94. The lowest BCUT2D eigenvalue weighted by atomic mass is 10.4. The number of hydrogen-bond acceptors (Lipinski definition) is 2. The number of halogens is 1. The van der Waals surface area contributed by atoms with Crippen LogP contribution in [0.5, 0.6) is 0 Å². The minimum Gasteiger partial charge on any atom is -0.262 e. The number of aryl methyl sites for hydroxylation is 1. The first-order valence-electron chi connectivity index (χ1n) is 2.54. The Bertz CT molecular complexity index is 202. The van der Waals surface area contributed by atoms with E-state index in [0.717, 1.165) is 10.6 Å². The van der Waals surface area contributed by atoms with Gasteiger partial charge in [0, 0.05) is 16.8 Å². The SMILES string of the molecule is Cc1cc(SCl)ccn1. The van der Waals surface area contributed by atoms with Gasteiger partial charge in [-0.1, -0.05) is 0 Å². The van der Waals surface area contributed by atoms with Crippen molar-refractivity contribution in [3.63, 3.8) is 0 Å². The van der Waals surface area contributed by atoms with Crippen LogP contribution in [0.1, 0.15) is 5.69 Å². The standard InChI is InChI=1S/C6H6ClNS/c1-5-4-6(9-7)2-3-8-5/h2-4H,1H3. The fourth-order valence-corrected chi connectivity index (χ4v) is 1.18. The molecule has 0 fully saturated rings. The summed E-state index contributed by atoms with van der Waals surface area (Å²) in [4.78, 5) is 5.06. The molecule has 0 aliphatic carbocycles. The van der Waals surface area contributed by atoms with Crippen molar-refractivity contribution >= 4 is 21.7 Å². The number of nitrogens with zero attached hydrogens (tertiary/aromatic N) is 1. The summed E-state index contributed by atoms with van der Waals surface area (Å²) in [5.74, 6) is 0. The molecule has 0 aromatic carbocycles. The van der Waals surface area contributed by atoms with Gasteiger partial charge in [-0.3, -0.25) is 4.98 Å². The summed E-state index contributed by atoms with van der Waals surface area (Å²) >= 11 is 0. The molecule has 0 aliphatic heterocycles. The van der Waals surface area contributed by atoms with Crippen molar-refractivity contribution in [1.29, 1.82) is 0 Å². The van der Waals surface area contributed by atoms with Gasteiger partial charge in [-0.25, -0.2) is 0 Å². The molecule has 3 heteroatoms. The highest BCUT2D eigenvalue weighted by Crippen LogP contribution is 2.20. The Morgan fingerprint density at radius 3 is 2.89 bits per heavy atom. The molecule has 0 saturated heterocycles. The molecule has 9 heavy (non-hydrogen) atoms. The molecule has 0 unspecified atom stereocenters. The molecule has 0 aliphatic rings. The second kappa shape index (κ2) is 3.08. The topological polar surface area (TPSA) is 12.9 Å². The quantitative estimate of drug-likeness (QED) is 0.625. The van der Waals surface area contributed by atoms with Crippen molar-refractivity contribution in [2.75, 3.05) is 0 Å². The van der Waals surface area contributed by atoms with Crippen LogP contribution in [0.3, 0.4) is 0 Å². The maximum atomic E-state index is 5.49. The van der Waals surface area contributed by atoms with Crippen LogP contribution in [-0.2, 0) is 0 Å². The summed E-state index contributed by atoms with van der Waals surface area (Å²) < 4.78 is 0. The van der Waals surface area contributed by atoms with Gasteiger partial charge in [0.05, 0.1) is 0 Å². The maximum Gasteiger partial charge on any atom is 0.0384 e. The Hall–Kier alpha value is -0.210. The van der Waals surface area contributed by atoms with E-state index >= 15 is 0 Å². The summed E-state index contributed by atoms with van der Waals surface area (Å²) in [5.41, 5.74) is 1.00. The van der Waals surface area contributed by atoms with Crippen LogP contribution in [-0.4, -0.2) is 4.98 Å². The molecule has 0 radical (unpaired) electrons. The fraction of sp³-hybridized carbons (Fsp3) is 0.167. The fourth-order valence-electron chi connectivity index (χ4n) is 0.568. The predicted molar refractivity (Wildman–Crippen MR) is 40.7 cm³/mol. The van der Waals surface area contributed by atoms with Crippen molar-refractivity contribution < 1.29 is 0 Å². The Kier molecular flexibility index (Phi) is 2.37. The molecule has 1 heterocycles. The minimum absolute atomic E-state index is 1.00. The smallest absolute Gasteiger partial charge is 0.0384 e. The van der Waals surface area contributed by atoms with Crippen molar-refractivity contribution in [3.05, 3.63) is 24.0 Å². The average molecular weight is 160 g/mol. The van der Waals surface area contributed by atoms with Crippen molar-refractivity contribution in [2.24, 2.45) is 0 Å². The Labute approximate surface area is 62.9 Å². The first-order chi connectivity index (χ1) is 4.33. The van der Waals surface area contributed by atoms with Crippen LogP contribution < -0.4 is 0 Å². The molecule has 0 N–H and O–H groups in total. The van der Waals surface area contributed by atoms with Crippen molar-refractivity contribution in [2.45, 2.75) is 11.8 Å². The molecule has 0 spiro atoms. The third-order valence-corrected chi connectivity index (χ3v) is 1.92. The van der Waals surface area contributed by atoms with Crippen LogP contribution in [0.2, 0.25) is 0 Å². The number of hydrogen-bond donors (Lipinski definition) is 0. The zero-order chi connectivity index (χ0) is 6.69. The average Bonchev–Trinajstić information content (AvgIpc) is 1.88. The molecule has 0 amide bonds. The molecule has 0 bridgehead atoms. The second-order valence-corrected chi connectivity index (χ2v) is 2.80.